The van der Waals surface area contributed by atoms with E-state index in [0.29, 0.717) is 19.0 Å². The number of halogens is 1. The van der Waals surface area contributed by atoms with Crippen LogP contribution in [0.25, 0.3) is 0 Å². The Morgan fingerprint density at radius 2 is 2.14 bits per heavy atom. The number of nitrogens with zero attached hydrogens (tertiary/aromatic N) is 1. The van der Waals surface area contributed by atoms with Crippen molar-refractivity contribution < 1.29 is 18.7 Å². The van der Waals surface area contributed by atoms with Crippen molar-refractivity contribution >= 4 is 11.8 Å². The number of nitrogens with one attached hydrogen (secondary N) is 1. The highest BCUT2D eigenvalue weighted by molar-refractivity contribution is 5.83. The summed E-state index contributed by atoms with van der Waals surface area (Å²) in [6.07, 6.45) is 2.45. The van der Waals surface area contributed by atoms with Crippen LogP contribution in [-0.4, -0.2) is 41.9 Å². The highest BCUT2D eigenvalue weighted by atomic mass is 19.1. The van der Waals surface area contributed by atoms with E-state index in [4.69, 9.17) is 4.74 Å². The van der Waals surface area contributed by atoms with Crippen LogP contribution in [0.15, 0.2) is 24.3 Å². The van der Waals surface area contributed by atoms with Gasteiger partial charge in [-0.25, -0.2) is 4.39 Å². The molecule has 2 fully saturated rings. The number of likely N-dealkylation sites (tertiary alicyclic amines) is 1. The first kappa shape index (κ1) is 13.9. The lowest BCUT2D eigenvalue weighted by molar-refractivity contribution is -0.128. The van der Waals surface area contributed by atoms with Gasteiger partial charge >= 0.3 is 0 Å². The van der Waals surface area contributed by atoms with Gasteiger partial charge in [0.25, 0.3) is 5.91 Å². The first-order valence-corrected chi connectivity index (χ1v) is 7.09. The lowest BCUT2D eigenvalue weighted by atomic mass is 10.2. The molecule has 5 nitrogen and oxygen atoms in total. The van der Waals surface area contributed by atoms with Gasteiger partial charge in [-0.1, -0.05) is 12.1 Å². The molecule has 1 atom stereocenters. The first-order valence-electron chi connectivity index (χ1n) is 7.09. The maximum Gasteiger partial charge on any atom is 0.258 e. The molecule has 1 saturated carbocycles. The normalized spacial score (nSPS) is 21.5. The SMILES string of the molecule is O=C(COc1ccccc1F)NC1CC(=O)N(C2CC2)C1. The van der Waals surface area contributed by atoms with E-state index in [1.165, 1.54) is 12.1 Å². The third-order valence-electron chi connectivity index (χ3n) is 3.71. The summed E-state index contributed by atoms with van der Waals surface area (Å²) in [5.74, 6) is -0.692. The summed E-state index contributed by atoms with van der Waals surface area (Å²) in [7, 11) is 0. The lowest BCUT2D eigenvalue weighted by Gasteiger charge is -2.16. The Balaban J connectivity index is 1.46. The molecule has 21 heavy (non-hydrogen) atoms. The van der Waals surface area contributed by atoms with E-state index in [0.717, 1.165) is 12.8 Å². The van der Waals surface area contributed by atoms with Gasteiger partial charge in [-0.2, -0.15) is 0 Å². The number of amides is 2. The fourth-order valence-electron chi connectivity index (χ4n) is 2.54. The first-order chi connectivity index (χ1) is 10.1. The largest absolute Gasteiger partial charge is 0.481 e. The number of hydrogen-bond acceptors (Lipinski definition) is 3. The average molecular weight is 292 g/mol. The Morgan fingerprint density at radius 3 is 2.86 bits per heavy atom. The molecular weight excluding hydrogens is 275 g/mol. The van der Waals surface area contributed by atoms with Crippen molar-refractivity contribution in [2.24, 2.45) is 0 Å². The minimum absolute atomic E-state index is 0.0507. The summed E-state index contributed by atoms with van der Waals surface area (Å²) in [4.78, 5) is 25.4. The van der Waals surface area contributed by atoms with Crippen molar-refractivity contribution in [1.29, 1.82) is 0 Å². The molecule has 0 aromatic heterocycles. The number of carbonyl (C=O) groups excluding carboxylic acids is 2. The fourth-order valence-corrected chi connectivity index (χ4v) is 2.54. The van der Waals surface area contributed by atoms with E-state index in [2.05, 4.69) is 5.32 Å². The molecule has 1 aliphatic carbocycles. The zero-order valence-corrected chi connectivity index (χ0v) is 11.5. The summed E-state index contributed by atoms with van der Waals surface area (Å²) in [5, 5.41) is 2.76. The van der Waals surface area contributed by atoms with E-state index in [-0.39, 0.29) is 30.2 Å². The molecular formula is C15H17FN2O3. The highest BCUT2D eigenvalue weighted by Gasteiger charge is 2.39. The van der Waals surface area contributed by atoms with Gasteiger partial charge in [-0.3, -0.25) is 9.59 Å². The molecule has 112 valence electrons. The molecule has 6 heteroatoms. The van der Waals surface area contributed by atoms with Crippen molar-refractivity contribution in [1.82, 2.24) is 10.2 Å². The van der Waals surface area contributed by atoms with Crippen molar-refractivity contribution in [3.8, 4) is 5.75 Å². The van der Waals surface area contributed by atoms with Gasteiger partial charge < -0.3 is 15.0 Å². The molecule has 1 unspecified atom stereocenters. The van der Waals surface area contributed by atoms with Crippen LogP contribution in [0.3, 0.4) is 0 Å². The summed E-state index contributed by atoms with van der Waals surface area (Å²) in [5.41, 5.74) is 0. The highest BCUT2D eigenvalue weighted by Crippen LogP contribution is 2.30. The van der Waals surface area contributed by atoms with Crippen LogP contribution in [0.2, 0.25) is 0 Å². The minimum Gasteiger partial charge on any atom is -0.481 e. The van der Waals surface area contributed by atoms with Gasteiger partial charge in [0, 0.05) is 19.0 Å². The standard InChI is InChI=1S/C15H17FN2O3/c16-12-3-1-2-4-13(12)21-9-14(19)17-10-7-15(20)18(8-10)11-5-6-11/h1-4,10-11H,5-9H2,(H,17,19). The predicted molar refractivity (Wildman–Crippen MR) is 73.2 cm³/mol. The van der Waals surface area contributed by atoms with Gasteiger partial charge in [0.1, 0.15) is 0 Å². The van der Waals surface area contributed by atoms with E-state index >= 15 is 0 Å². The molecule has 3 rings (SSSR count). The summed E-state index contributed by atoms with van der Waals surface area (Å²) in [6, 6.07) is 6.13. The Hall–Kier alpha value is -2.11. The minimum atomic E-state index is -0.499. The Kier molecular flexibility index (Phi) is 3.77. The van der Waals surface area contributed by atoms with Crippen LogP contribution in [0, 0.1) is 5.82 Å². The van der Waals surface area contributed by atoms with E-state index in [1.807, 2.05) is 4.90 Å². The zero-order chi connectivity index (χ0) is 14.8. The van der Waals surface area contributed by atoms with Crippen LogP contribution in [0.4, 0.5) is 4.39 Å². The quantitative estimate of drug-likeness (QED) is 0.883. The second-order valence-corrected chi connectivity index (χ2v) is 5.46. The molecule has 1 aromatic rings. The Labute approximate surface area is 122 Å². The Morgan fingerprint density at radius 1 is 1.38 bits per heavy atom. The van der Waals surface area contributed by atoms with Crippen LogP contribution >= 0.6 is 0 Å². The fraction of sp³-hybridized carbons (Fsp3) is 0.467. The van der Waals surface area contributed by atoms with Crippen molar-refractivity contribution in [2.75, 3.05) is 13.2 Å². The molecule has 2 amide bonds. The smallest absolute Gasteiger partial charge is 0.258 e. The van der Waals surface area contributed by atoms with E-state index in [9.17, 15) is 14.0 Å². The molecule has 1 saturated heterocycles. The molecule has 1 aliphatic heterocycles. The molecule has 1 N–H and O–H groups in total. The van der Waals surface area contributed by atoms with Crippen LogP contribution in [-0.2, 0) is 9.59 Å². The molecule has 0 spiro atoms. The Bertz CT molecular complexity index is 560. The predicted octanol–water partition coefficient (Wildman–Crippen LogP) is 1.08. The van der Waals surface area contributed by atoms with Crippen LogP contribution in [0.1, 0.15) is 19.3 Å². The van der Waals surface area contributed by atoms with E-state index < -0.39 is 5.82 Å². The van der Waals surface area contributed by atoms with Gasteiger partial charge in [0.2, 0.25) is 5.91 Å². The molecule has 2 aliphatic rings. The van der Waals surface area contributed by atoms with Crippen LogP contribution in [0.5, 0.6) is 5.75 Å². The topological polar surface area (TPSA) is 58.6 Å². The number of rotatable bonds is 5. The third-order valence-corrected chi connectivity index (χ3v) is 3.71. The monoisotopic (exact) mass is 292 g/mol. The van der Waals surface area contributed by atoms with Gasteiger partial charge in [0.15, 0.2) is 18.2 Å². The third kappa shape index (κ3) is 3.32. The van der Waals surface area contributed by atoms with Gasteiger partial charge in [-0.05, 0) is 25.0 Å². The molecule has 1 heterocycles. The maximum absolute atomic E-state index is 13.3. The summed E-state index contributed by atoms with van der Waals surface area (Å²) >= 11 is 0. The molecule has 1 aromatic carbocycles. The molecule has 0 bridgehead atoms. The molecule has 0 radical (unpaired) electrons. The van der Waals surface area contributed by atoms with Crippen molar-refractivity contribution in [3.63, 3.8) is 0 Å². The summed E-state index contributed by atoms with van der Waals surface area (Å²) in [6.45, 7) is 0.310. The second-order valence-electron chi connectivity index (χ2n) is 5.46. The van der Waals surface area contributed by atoms with Crippen molar-refractivity contribution in [3.05, 3.63) is 30.1 Å². The van der Waals surface area contributed by atoms with Crippen molar-refractivity contribution in [2.45, 2.75) is 31.3 Å². The number of para-hydroxylation sites is 1. The average Bonchev–Trinajstić information content (AvgIpc) is 3.23. The second kappa shape index (κ2) is 5.71. The zero-order valence-electron chi connectivity index (χ0n) is 11.5. The number of hydrogen-bond donors (Lipinski definition) is 1. The van der Waals surface area contributed by atoms with Gasteiger partial charge in [-0.15, -0.1) is 0 Å². The van der Waals surface area contributed by atoms with E-state index in [1.54, 1.807) is 12.1 Å². The maximum atomic E-state index is 13.3. The number of carbonyl (C=O) groups is 2. The number of ether oxygens (including phenoxy) is 1. The van der Waals surface area contributed by atoms with Gasteiger partial charge in [0.05, 0.1) is 6.04 Å². The summed E-state index contributed by atoms with van der Waals surface area (Å²) < 4.78 is 18.5. The number of benzene rings is 1. The lowest BCUT2D eigenvalue weighted by Crippen LogP contribution is -2.40. The van der Waals surface area contributed by atoms with Crippen LogP contribution < -0.4 is 10.1 Å².